The molecule has 0 spiro atoms. The lowest BCUT2D eigenvalue weighted by atomic mass is 9.83. The number of anilines is 1. The molecule has 0 amide bonds. The van der Waals surface area contributed by atoms with E-state index in [4.69, 9.17) is 5.73 Å². The first-order chi connectivity index (χ1) is 8.80. The lowest BCUT2D eigenvalue weighted by Gasteiger charge is -2.31. The molecule has 106 valence electrons. The molecule has 0 radical (unpaired) electrons. The molecule has 2 unspecified atom stereocenters. The number of benzene rings is 1. The minimum atomic E-state index is -3.32. The van der Waals surface area contributed by atoms with Crippen LogP contribution in [0.1, 0.15) is 33.1 Å². The quantitative estimate of drug-likeness (QED) is 0.832. The third-order valence-electron chi connectivity index (χ3n) is 3.85. The van der Waals surface area contributed by atoms with Gasteiger partial charge in [0.25, 0.3) is 0 Å². The van der Waals surface area contributed by atoms with Crippen molar-refractivity contribution in [1.82, 2.24) is 0 Å². The van der Waals surface area contributed by atoms with Crippen molar-refractivity contribution in [3.8, 4) is 0 Å². The first-order valence-electron chi connectivity index (χ1n) is 6.59. The van der Waals surface area contributed by atoms with E-state index in [9.17, 15) is 8.42 Å². The van der Waals surface area contributed by atoms with Crippen LogP contribution in [0.15, 0.2) is 27.6 Å². The molecule has 0 aromatic heterocycles. The van der Waals surface area contributed by atoms with Gasteiger partial charge in [-0.05, 0) is 49.3 Å². The van der Waals surface area contributed by atoms with Gasteiger partial charge in [-0.15, -0.1) is 0 Å². The van der Waals surface area contributed by atoms with Gasteiger partial charge in [-0.1, -0.05) is 29.8 Å². The van der Waals surface area contributed by atoms with Crippen molar-refractivity contribution in [2.75, 3.05) is 5.73 Å². The zero-order chi connectivity index (χ0) is 14.2. The van der Waals surface area contributed by atoms with Crippen molar-refractivity contribution in [2.24, 2.45) is 11.8 Å². The van der Waals surface area contributed by atoms with E-state index in [0.29, 0.717) is 17.5 Å². The standard InChI is InChI=1S/C14H20BrNO2S/c1-9-5-10(2)7-12(6-9)19(17,18)14-4-3-11(15)8-13(14)16/h3-4,8-10,12H,5-7,16H2,1-2H3. The number of hydrogen-bond acceptors (Lipinski definition) is 3. The highest BCUT2D eigenvalue weighted by molar-refractivity contribution is 9.10. The fourth-order valence-corrected chi connectivity index (χ4v) is 5.63. The molecule has 0 heterocycles. The molecular weight excluding hydrogens is 326 g/mol. The topological polar surface area (TPSA) is 60.2 Å². The van der Waals surface area contributed by atoms with E-state index in [-0.39, 0.29) is 10.1 Å². The van der Waals surface area contributed by atoms with E-state index in [1.807, 2.05) is 0 Å². The minimum Gasteiger partial charge on any atom is -0.398 e. The summed E-state index contributed by atoms with van der Waals surface area (Å²) in [6, 6.07) is 5.00. The Balaban J connectivity index is 2.36. The molecule has 19 heavy (non-hydrogen) atoms. The predicted octanol–water partition coefficient (Wildman–Crippen LogP) is 3.63. The average Bonchev–Trinajstić information content (AvgIpc) is 2.26. The van der Waals surface area contributed by atoms with E-state index in [2.05, 4.69) is 29.8 Å². The summed E-state index contributed by atoms with van der Waals surface area (Å²) >= 11 is 3.30. The van der Waals surface area contributed by atoms with Gasteiger partial charge in [0.05, 0.1) is 15.8 Å². The molecule has 0 aliphatic heterocycles. The van der Waals surface area contributed by atoms with Crippen molar-refractivity contribution in [3.63, 3.8) is 0 Å². The summed E-state index contributed by atoms with van der Waals surface area (Å²) in [6.45, 7) is 4.26. The first-order valence-corrected chi connectivity index (χ1v) is 8.93. The molecule has 1 aliphatic rings. The summed E-state index contributed by atoms with van der Waals surface area (Å²) in [7, 11) is -3.32. The zero-order valence-electron chi connectivity index (χ0n) is 11.3. The predicted molar refractivity (Wildman–Crippen MR) is 81.7 cm³/mol. The van der Waals surface area contributed by atoms with E-state index in [1.165, 1.54) is 0 Å². The highest BCUT2D eigenvalue weighted by atomic mass is 79.9. The zero-order valence-corrected chi connectivity index (χ0v) is 13.7. The maximum atomic E-state index is 12.7. The van der Waals surface area contributed by atoms with Crippen LogP contribution >= 0.6 is 15.9 Å². The second-order valence-electron chi connectivity index (χ2n) is 5.77. The molecule has 2 rings (SSSR count). The van der Waals surface area contributed by atoms with Gasteiger partial charge in [0.1, 0.15) is 0 Å². The molecule has 1 fully saturated rings. The summed E-state index contributed by atoms with van der Waals surface area (Å²) in [5, 5.41) is -0.297. The van der Waals surface area contributed by atoms with Crippen molar-refractivity contribution in [1.29, 1.82) is 0 Å². The second-order valence-corrected chi connectivity index (χ2v) is 8.88. The summed E-state index contributed by atoms with van der Waals surface area (Å²) in [4.78, 5) is 0.280. The number of nitrogen functional groups attached to an aromatic ring is 1. The molecule has 1 aromatic rings. The second kappa shape index (κ2) is 5.44. The Morgan fingerprint density at radius 1 is 1.16 bits per heavy atom. The molecule has 0 bridgehead atoms. The third kappa shape index (κ3) is 3.14. The van der Waals surface area contributed by atoms with Crippen molar-refractivity contribution >= 4 is 31.5 Å². The maximum absolute atomic E-state index is 12.7. The lowest BCUT2D eigenvalue weighted by molar-refractivity contribution is 0.301. The average molecular weight is 346 g/mol. The molecule has 3 nitrogen and oxygen atoms in total. The molecule has 2 N–H and O–H groups in total. The monoisotopic (exact) mass is 345 g/mol. The molecule has 1 saturated carbocycles. The van der Waals surface area contributed by atoms with Crippen LogP contribution in [-0.4, -0.2) is 13.7 Å². The summed E-state index contributed by atoms with van der Waals surface area (Å²) in [5.41, 5.74) is 6.21. The van der Waals surface area contributed by atoms with E-state index < -0.39 is 9.84 Å². The molecular formula is C14H20BrNO2S. The Labute approximate surface area is 123 Å². The van der Waals surface area contributed by atoms with Crippen molar-refractivity contribution < 1.29 is 8.42 Å². The summed E-state index contributed by atoms with van der Waals surface area (Å²) in [6.07, 6.45) is 2.59. The van der Waals surface area contributed by atoms with Crippen LogP contribution in [0.3, 0.4) is 0 Å². The van der Waals surface area contributed by atoms with Gasteiger partial charge in [0, 0.05) is 4.47 Å². The largest absolute Gasteiger partial charge is 0.398 e. The van der Waals surface area contributed by atoms with Crippen LogP contribution in [0, 0.1) is 11.8 Å². The molecule has 1 aromatic carbocycles. The minimum absolute atomic E-state index is 0.280. The highest BCUT2D eigenvalue weighted by Gasteiger charge is 2.35. The SMILES string of the molecule is CC1CC(C)CC(S(=O)(=O)c2ccc(Br)cc2N)C1. The van der Waals surface area contributed by atoms with Gasteiger partial charge in [-0.25, -0.2) is 8.42 Å². The number of hydrogen-bond donors (Lipinski definition) is 1. The smallest absolute Gasteiger partial charge is 0.183 e. The molecule has 2 atom stereocenters. The number of nitrogens with two attached hydrogens (primary N) is 1. The van der Waals surface area contributed by atoms with Crippen LogP contribution in [0.5, 0.6) is 0 Å². The highest BCUT2D eigenvalue weighted by Crippen LogP contribution is 2.36. The van der Waals surface area contributed by atoms with Crippen LogP contribution in [0.4, 0.5) is 5.69 Å². The fraction of sp³-hybridized carbons (Fsp3) is 0.571. The van der Waals surface area contributed by atoms with Gasteiger partial charge >= 0.3 is 0 Å². The van der Waals surface area contributed by atoms with Crippen molar-refractivity contribution in [2.45, 2.75) is 43.3 Å². The van der Waals surface area contributed by atoms with Gasteiger partial charge in [0.2, 0.25) is 0 Å². The lowest BCUT2D eigenvalue weighted by Crippen LogP contribution is -2.31. The Bertz CT molecular complexity index is 561. The Morgan fingerprint density at radius 2 is 1.74 bits per heavy atom. The van der Waals surface area contributed by atoms with Gasteiger partial charge in [0.15, 0.2) is 9.84 Å². The van der Waals surface area contributed by atoms with Crippen LogP contribution in [0.2, 0.25) is 0 Å². The Hall–Kier alpha value is -0.550. The fourth-order valence-electron chi connectivity index (χ4n) is 3.08. The first kappa shape index (κ1) is 14.9. The van der Waals surface area contributed by atoms with Gasteiger partial charge in [-0.3, -0.25) is 0 Å². The van der Waals surface area contributed by atoms with Crippen molar-refractivity contribution in [3.05, 3.63) is 22.7 Å². The van der Waals surface area contributed by atoms with Crippen LogP contribution in [-0.2, 0) is 9.84 Å². The summed E-state index contributed by atoms with van der Waals surface area (Å²) < 4.78 is 26.2. The number of rotatable bonds is 2. The van der Waals surface area contributed by atoms with Gasteiger partial charge < -0.3 is 5.73 Å². The van der Waals surface area contributed by atoms with Crippen LogP contribution in [0.25, 0.3) is 0 Å². The van der Waals surface area contributed by atoms with E-state index in [0.717, 1.165) is 23.7 Å². The Morgan fingerprint density at radius 3 is 2.26 bits per heavy atom. The van der Waals surface area contributed by atoms with Crippen LogP contribution < -0.4 is 5.73 Å². The van der Waals surface area contributed by atoms with E-state index >= 15 is 0 Å². The summed E-state index contributed by atoms with van der Waals surface area (Å²) in [5.74, 6) is 0.917. The maximum Gasteiger partial charge on any atom is 0.183 e. The molecule has 1 aliphatic carbocycles. The van der Waals surface area contributed by atoms with Gasteiger partial charge in [-0.2, -0.15) is 0 Å². The number of halogens is 1. The third-order valence-corrected chi connectivity index (χ3v) is 6.59. The Kier molecular flexibility index (Phi) is 4.26. The molecule has 0 saturated heterocycles. The normalized spacial score (nSPS) is 28.3. The number of sulfone groups is 1. The van der Waals surface area contributed by atoms with E-state index in [1.54, 1.807) is 18.2 Å². The molecule has 5 heteroatoms.